The quantitative estimate of drug-likeness (QED) is 0.841. The maximum Gasteiger partial charge on any atom is 0.150 e. The van der Waals surface area contributed by atoms with Crippen LogP contribution in [-0.2, 0) is 0 Å². The molecule has 0 saturated carbocycles. The van der Waals surface area contributed by atoms with Gasteiger partial charge in [-0.3, -0.25) is 0 Å². The fraction of sp³-hybridized carbons (Fsp3) is 0.417. The van der Waals surface area contributed by atoms with Crippen LogP contribution in [-0.4, -0.2) is 11.0 Å². The average Bonchev–Trinajstić information content (AvgIpc) is 2.96. The highest BCUT2D eigenvalue weighted by molar-refractivity contribution is 8.01. The van der Waals surface area contributed by atoms with Crippen molar-refractivity contribution in [3.8, 4) is 0 Å². The maximum absolute atomic E-state index is 6.26. The van der Waals surface area contributed by atoms with Gasteiger partial charge in [-0.05, 0) is 30.4 Å². The number of aromatic nitrogens is 1. The lowest BCUT2D eigenvalue weighted by atomic mass is 10.1. The molecule has 2 rings (SSSR count). The van der Waals surface area contributed by atoms with Crippen LogP contribution in [0, 0.1) is 6.92 Å². The predicted octanol–water partition coefficient (Wildman–Crippen LogP) is 4.08. The average molecular weight is 284 g/mol. The molecule has 5 heteroatoms. The van der Waals surface area contributed by atoms with Gasteiger partial charge in [0.15, 0.2) is 0 Å². The summed E-state index contributed by atoms with van der Waals surface area (Å²) in [5.41, 5.74) is 7.60. The van der Waals surface area contributed by atoms with Crippen LogP contribution in [0.5, 0.6) is 0 Å². The van der Waals surface area contributed by atoms with Gasteiger partial charge in [-0.1, -0.05) is 18.7 Å². The van der Waals surface area contributed by atoms with Crippen molar-refractivity contribution in [1.82, 2.24) is 4.98 Å². The van der Waals surface area contributed by atoms with E-state index >= 15 is 0 Å². The summed E-state index contributed by atoms with van der Waals surface area (Å²) in [4.78, 5) is 5.73. The van der Waals surface area contributed by atoms with Crippen molar-refractivity contribution in [2.75, 3.05) is 0 Å². The molecular weight excluding hydrogens is 268 g/mol. The molecule has 0 saturated heterocycles. The van der Waals surface area contributed by atoms with Crippen molar-refractivity contribution < 1.29 is 0 Å². The van der Waals surface area contributed by atoms with Crippen LogP contribution in [0.2, 0.25) is 0 Å². The molecule has 2 heterocycles. The van der Waals surface area contributed by atoms with Crippen LogP contribution in [0.15, 0.2) is 27.4 Å². The Kier molecular flexibility index (Phi) is 4.62. The third-order valence-electron chi connectivity index (χ3n) is 2.66. The second kappa shape index (κ2) is 6.00. The van der Waals surface area contributed by atoms with Crippen molar-refractivity contribution in [2.24, 2.45) is 5.73 Å². The summed E-state index contributed by atoms with van der Waals surface area (Å²) >= 11 is 5.28. The van der Waals surface area contributed by atoms with E-state index in [-0.39, 0.29) is 6.04 Å². The SMILES string of the molecule is CCC(N)C(Sc1nccs1)c1sccc1C. The van der Waals surface area contributed by atoms with Crippen LogP contribution in [0.4, 0.5) is 0 Å². The molecule has 0 radical (unpaired) electrons. The van der Waals surface area contributed by atoms with Gasteiger partial charge in [-0.15, -0.1) is 22.7 Å². The van der Waals surface area contributed by atoms with Crippen LogP contribution in [0.3, 0.4) is 0 Å². The van der Waals surface area contributed by atoms with Gasteiger partial charge in [0, 0.05) is 22.5 Å². The highest BCUT2D eigenvalue weighted by atomic mass is 32.2. The number of thiophene rings is 1. The number of thioether (sulfide) groups is 1. The summed E-state index contributed by atoms with van der Waals surface area (Å²) in [5, 5.41) is 4.48. The predicted molar refractivity (Wildman–Crippen MR) is 78.0 cm³/mol. The standard InChI is InChI=1S/C12H16N2S3/c1-3-9(13)11(10-8(2)4-6-15-10)17-12-14-5-7-16-12/h4-7,9,11H,3,13H2,1-2H3. The Morgan fingerprint density at radius 1 is 1.41 bits per heavy atom. The molecule has 0 amide bonds. The van der Waals surface area contributed by atoms with Crippen LogP contribution in [0.25, 0.3) is 0 Å². The molecule has 2 N–H and O–H groups in total. The number of nitrogens with zero attached hydrogens (tertiary/aromatic N) is 1. The molecular formula is C12H16N2S3. The summed E-state index contributed by atoms with van der Waals surface area (Å²) in [6, 6.07) is 2.35. The summed E-state index contributed by atoms with van der Waals surface area (Å²) in [6.07, 6.45) is 2.84. The van der Waals surface area contributed by atoms with E-state index in [1.807, 2.05) is 11.6 Å². The van der Waals surface area contributed by atoms with E-state index in [1.165, 1.54) is 10.4 Å². The third-order valence-corrected chi connectivity index (χ3v) is 6.20. The molecule has 2 aromatic rings. The van der Waals surface area contributed by atoms with E-state index in [2.05, 4.69) is 30.3 Å². The largest absolute Gasteiger partial charge is 0.326 e. The monoisotopic (exact) mass is 284 g/mol. The molecule has 0 fully saturated rings. The Hall–Kier alpha value is -0.360. The fourth-order valence-corrected chi connectivity index (χ4v) is 4.95. The summed E-state index contributed by atoms with van der Waals surface area (Å²) in [6.45, 7) is 4.30. The van der Waals surface area contributed by atoms with Crippen LogP contribution >= 0.6 is 34.4 Å². The van der Waals surface area contributed by atoms with E-state index < -0.39 is 0 Å². The second-order valence-corrected chi connectivity index (χ2v) is 7.11. The zero-order chi connectivity index (χ0) is 12.3. The molecule has 2 aromatic heterocycles. The molecule has 92 valence electrons. The van der Waals surface area contributed by atoms with Gasteiger partial charge in [0.25, 0.3) is 0 Å². The lowest BCUT2D eigenvalue weighted by Gasteiger charge is -2.21. The second-order valence-electron chi connectivity index (χ2n) is 3.88. The van der Waals surface area contributed by atoms with Crippen LogP contribution < -0.4 is 5.73 Å². The maximum atomic E-state index is 6.26. The molecule has 2 unspecified atom stereocenters. The molecule has 0 aliphatic heterocycles. The molecule has 2 nitrogen and oxygen atoms in total. The summed E-state index contributed by atoms with van der Waals surface area (Å²) < 4.78 is 1.10. The van der Waals surface area contributed by atoms with Crippen molar-refractivity contribution in [1.29, 1.82) is 0 Å². The minimum Gasteiger partial charge on any atom is -0.326 e. The Balaban J connectivity index is 2.23. The zero-order valence-electron chi connectivity index (χ0n) is 9.92. The van der Waals surface area contributed by atoms with Gasteiger partial charge in [0.1, 0.15) is 4.34 Å². The number of aryl methyl sites for hydroxylation is 1. The summed E-state index contributed by atoms with van der Waals surface area (Å²) in [5.74, 6) is 0. The van der Waals surface area contributed by atoms with Gasteiger partial charge in [-0.25, -0.2) is 4.98 Å². The number of nitrogens with two attached hydrogens (primary N) is 1. The van der Waals surface area contributed by atoms with Gasteiger partial charge in [0.2, 0.25) is 0 Å². The highest BCUT2D eigenvalue weighted by Crippen LogP contribution is 2.42. The lowest BCUT2D eigenvalue weighted by Crippen LogP contribution is -2.25. The Labute approximate surface area is 114 Å². The number of hydrogen-bond acceptors (Lipinski definition) is 5. The lowest BCUT2D eigenvalue weighted by molar-refractivity contribution is 0.638. The highest BCUT2D eigenvalue weighted by Gasteiger charge is 2.23. The fourth-order valence-electron chi connectivity index (χ4n) is 1.60. The minimum absolute atomic E-state index is 0.182. The van der Waals surface area contributed by atoms with Gasteiger partial charge >= 0.3 is 0 Å². The van der Waals surface area contributed by atoms with E-state index in [0.29, 0.717) is 5.25 Å². The van der Waals surface area contributed by atoms with E-state index in [1.54, 1.807) is 34.4 Å². The van der Waals surface area contributed by atoms with Gasteiger partial charge in [0.05, 0.1) is 5.25 Å². The Bertz CT molecular complexity index is 450. The molecule has 17 heavy (non-hydrogen) atoms. The van der Waals surface area contributed by atoms with Gasteiger partial charge < -0.3 is 5.73 Å². The van der Waals surface area contributed by atoms with E-state index in [0.717, 1.165) is 10.8 Å². The molecule has 0 bridgehead atoms. The molecule has 0 aliphatic carbocycles. The van der Waals surface area contributed by atoms with E-state index in [9.17, 15) is 0 Å². The van der Waals surface area contributed by atoms with Crippen molar-refractivity contribution >= 4 is 34.4 Å². The number of rotatable bonds is 5. The zero-order valence-corrected chi connectivity index (χ0v) is 12.4. The summed E-state index contributed by atoms with van der Waals surface area (Å²) in [7, 11) is 0. The third kappa shape index (κ3) is 3.10. The Morgan fingerprint density at radius 3 is 2.76 bits per heavy atom. The van der Waals surface area contributed by atoms with E-state index in [4.69, 9.17) is 5.73 Å². The van der Waals surface area contributed by atoms with Crippen molar-refractivity contribution in [3.63, 3.8) is 0 Å². The van der Waals surface area contributed by atoms with Crippen molar-refractivity contribution in [2.45, 2.75) is 35.9 Å². The molecule has 2 atom stereocenters. The van der Waals surface area contributed by atoms with Crippen molar-refractivity contribution in [3.05, 3.63) is 33.5 Å². The van der Waals surface area contributed by atoms with Crippen LogP contribution in [0.1, 0.15) is 29.0 Å². The molecule has 0 spiro atoms. The Morgan fingerprint density at radius 2 is 2.24 bits per heavy atom. The molecule has 0 aromatic carbocycles. The first-order valence-electron chi connectivity index (χ1n) is 5.58. The number of hydrogen-bond donors (Lipinski definition) is 1. The minimum atomic E-state index is 0.182. The molecule has 0 aliphatic rings. The first-order chi connectivity index (χ1) is 8.22. The number of thiazole rings is 1. The first-order valence-corrected chi connectivity index (χ1v) is 8.22. The van der Waals surface area contributed by atoms with Gasteiger partial charge in [-0.2, -0.15) is 0 Å². The smallest absolute Gasteiger partial charge is 0.150 e. The first kappa shape index (κ1) is 13.1. The normalized spacial score (nSPS) is 14.8. The topological polar surface area (TPSA) is 38.9 Å².